The monoisotopic (exact) mass is 302 g/mol. The normalized spacial score (nSPS) is 16.4. The maximum Gasteiger partial charge on any atom is 0.324 e. The van der Waals surface area contributed by atoms with Gasteiger partial charge >= 0.3 is 12.0 Å². The smallest absolute Gasteiger partial charge is 0.324 e. The van der Waals surface area contributed by atoms with E-state index in [4.69, 9.17) is 5.11 Å². The largest absolute Gasteiger partial charge is 0.481 e. The Morgan fingerprint density at radius 3 is 2.55 bits per heavy atom. The number of carboxylic acid groups (broad SMARTS) is 1. The number of amides is 3. The third-order valence-corrected chi connectivity index (χ3v) is 4.07. The molecule has 114 valence electrons. The molecule has 0 radical (unpaired) electrons. The van der Waals surface area contributed by atoms with Crippen LogP contribution in [-0.2, 0) is 9.59 Å². The number of imide groups is 1. The lowest BCUT2D eigenvalue weighted by atomic mass is 9.85. The van der Waals surface area contributed by atoms with Gasteiger partial charge in [-0.2, -0.15) is 11.8 Å². The Morgan fingerprint density at radius 2 is 1.90 bits per heavy atom. The molecule has 3 amide bonds. The Bertz CT molecular complexity index is 377. The molecule has 1 rings (SSSR count). The van der Waals surface area contributed by atoms with E-state index in [1.165, 1.54) is 0 Å². The number of carbonyl (C=O) groups excluding carboxylic acids is 2. The number of hydrogen-bond donors (Lipinski definition) is 2. The highest BCUT2D eigenvalue weighted by molar-refractivity contribution is 7.99. The quantitative estimate of drug-likeness (QED) is 0.823. The summed E-state index contributed by atoms with van der Waals surface area (Å²) in [5, 5.41) is 11.1. The van der Waals surface area contributed by atoms with Crippen LogP contribution in [0.25, 0.3) is 0 Å². The Hall–Kier alpha value is -1.24. The molecule has 6 nitrogen and oxygen atoms in total. The van der Waals surface area contributed by atoms with Crippen molar-refractivity contribution in [1.29, 1.82) is 0 Å². The Morgan fingerprint density at radius 1 is 1.20 bits per heavy atom. The van der Waals surface area contributed by atoms with Crippen LogP contribution in [0.15, 0.2) is 0 Å². The van der Waals surface area contributed by atoms with E-state index in [0.29, 0.717) is 13.1 Å². The van der Waals surface area contributed by atoms with Gasteiger partial charge in [-0.3, -0.25) is 14.9 Å². The molecule has 0 atom stereocenters. The molecule has 7 heteroatoms. The molecule has 2 N–H and O–H groups in total. The minimum atomic E-state index is -0.946. The van der Waals surface area contributed by atoms with E-state index in [0.717, 1.165) is 17.9 Å². The fraction of sp³-hybridized carbons (Fsp3) is 0.769. The fourth-order valence-corrected chi connectivity index (χ4v) is 2.99. The molecule has 0 aliphatic carbocycles. The first-order valence-electron chi connectivity index (χ1n) is 6.68. The van der Waals surface area contributed by atoms with E-state index in [9.17, 15) is 14.4 Å². The van der Waals surface area contributed by atoms with E-state index in [-0.39, 0.29) is 18.9 Å². The molecule has 0 saturated carbocycles. The Kier molecular flexibility index (Phi) is 6.32. The predicted molar refractivity (Wildman–Crippen MR) is 77.7 cm³/mol. The lowest BCUT2D eigenvalue weighted by molar-refractivity contribution is -0.139. The van der Waals surface area contributed by atoms with Crippen LogP contribution in [0.2, 0.25) is 0 Å². The van der Waals surface area contributed by atoms with Crippen molar-refractivity contribution < 1.29 is 19.5 Å². The van der Waals surface area contributed by atoms with Gasteiger partial charge in [-0.05, 0) is 17.6 Å². The van der Waals surface area contributed by atoms with Gasteiger partial charge in [-0.1, -0.05) is 13.8 Å². The number of hydrogen-bond acceptors (Lipinski definition) is 4. The van der Waals surface area contributed by atoms with E-state index in [1.807, 2.05) is 0 Å². The summed E-state index contributed by atoms with van der Waals surface area (Å²) >= 11 is 1.80. The summed E-state index contributed by atoms with van der Waals surface area (Å²) in [6, 6.07) is -0.372. The van der Waals surface area contributed by atoms with E-state index < -0.39 is 17.3 Å². The molecule has 0 spiro atoms. The highest BCUT2D eigenvalue weighted by atomic mass is 32.2. The van der Waals surface area contributed by atoms with Crippen molar-refractivity contribution in [2.24, 2.45) is 5.41 Å². The van der Waals surface area contributed by atoms with Gasteiger partial charge in [0.25, 0.3) is 0 Å². The van der Waals surface area contributed by atoms with Gasteiger partial charge in [0.2, 0.25) is 5.91 Å². The van der Waals surface area contributed by atoms with Gasteiger partial charge in [0.15, 0.2) is 0 Å². The molecule has 0 aromatic heterocycles. The number of rotatable bonds is 4. The molecule has 0 unspecified atom stereocenters. The SMILES string of the molecule is CC(C)(CC(=O)O)CC(=O)NC(=O)N1CCCSCC1. The lowest BCUT2D eigenvalue weighted by Crippen LogP contribution is -2.44. The van der Waals surface area contributed by atoms with Crippen molar-refractivity contribution >= 4 is 29.7 Å². The molecular formula is C13H22N2O4S. The zero-order chi connectivity index (χ0) is 15.2. The molecular weight excluding hydrogens is 280 g/mol. The van der Waals surface area contributed by atoms with Crippen LogP contribution in [0.4, 0.5) is 4.79 Å². The zero-order valence-corrected chi connectivity index (χ0v) is 12.8. The van der Waals surface area contributed by atoms with Crippen LogP contribution < -0.4 is 5.32 Å². The molecule has 0 aromatic carbocycles. The summed E-state index contributed by atoms with van der Waals surface area (Å²) in [5.74, 6) is 0.548. The zero-order valence-electron chi connectivity index (χ0n) is 12.0. The molecule has 20 heavy (non-hydrogen) atoms. The standard InChI is InChI=1S/C13H22N2O4S/c1-13(2,9-11(17)18)8-10(16)14-12(19)15-4-3-6-20-7-5-15/h3-9H2,1-2H3,(H,17,18)(H,14,16,19). The summed E-state index contributed by atoms with van der Waals surface area (Å²) in [6.45, 7) is 4.70. The topological polar surface area (TPSA) is 86.7 Å². The lowest BCUT2D eigenvalue weighted by Gasteiger charge is -2.23. The first-order chi connectivity index (χ1) is 9.30. The van der Waals surface area contributed by atoms with Gasteiger partial charge < -0.3 is 10.0 Å². The average molecular weight is 302 g/mol. The number of thioether (sulfide) groups is 1. The van der Waals surface area contributed by atoms with Crippen molar-refractivity contribution in [3.8, 4) is 0 Å². The maximum absolute atomic E-state index is 11.9. The van der Waals surface area contributed by atoms with Crippen molar-refractivity contribution in [1.82, 2.24) is 10.2 Å². The summed E-state index contributed by atoms with van der Waals surface area (Å²) in [6.07, 6.45) is 0.847. The first-order valence-corrected chi connectivity index (χ1v) is 7.84. The van der Waals surface area contributed by atoms with E-state index in [2.05, 4.69) is 5.32 Å². The second-order valence-corrected chi connectivity index (χ2v) is 6.94. The second-order valence-electron chi connectivity index (χ2n) is 5.72. The highest BCUT2D eigenvalue weighted by Crippen LogP contribution is 2.24. The van der Waals surface area contributed by atoms with E-state index in [1.54, 1.807) is 30.5 Å². The molecule has 1 aliphatic heterocycles. The summed E-state index contributed by atoms with van der Waals surface area (Å²) in [5.41, 5.74) is -0.662. The number of nitrogens with one attached hydrogen (secondary N) is 1. The minimum absolute atomic E-state index is 0.0215. The van der Waals surface area contributed by atoms with Crippen molar-refractivity contribution in [2.45, 2.75) is 33.1 Å². The molecule has 1 aliphatic rings. The predicted octanol–water partition coefficient (Wildman–Crippen LogP) is 1.55. The second kappa shape index (κ2) is 7.52. The fourth-order valence-electron chi connectivity index (χ4n) is 2.10. The van der Waals surface area contributed by atoms with Gasteiger partial charge in [-0.25, -0.2) is 4.79 Å². The highest BCUT2D eigenvalue weighted by Gasteiger charge is 2.27. The number of aliphatic carboxylic acids is 1. The van der Waals surface area contributed by atoms with Crippen molar-refractivity contribution in [3.63, 3.8) is 0 Å². The van der Waals surface area contributed by atoms with Gasteiger partial charge in [0.05, 0.1) is 6.42 Å². The van der Waals surface area contributed by atoms with Crippen LogP contribution >= 0.6 is 11.8 Å². The molecule has 0 bridgehead atoms. The van der Waals surface area contributed by atoms with Crippen LogP contribution in [0.5, 0.6) is 0 Å². The number of carbonyl (C=O) groups is 3. The van der Waals surface area contributed by atoms with Gasteiger partial charge in [-0.15, -0.1) is 0 Å². The first kappa shape index (κ1) is 16.8. The average Bonchev–Trinajstić information content (AvgIpc) is 2.53. The third-order valence-electron chi connectivity index (χ3n) is 3.02. The summed E-state index contributed by atoms with van der Waals surface area (Å²) in [4.78, 5) is 36.1. The summed E-state index contributed by atoms with van der Waals surface area (Å²) < 4.78 is 0. The number of carboxylic acids is 1. The Labute approximate surface area is 123 Å². The van der Waals surface area contributed by atoms with Gasteiger partial charge in [0.1, 0.15) is 0 Å². The third kappa shape index (κ3) is 6.27. The van der Waals surface area contributed by atoms with E-state index >= 15 is 0 Å². The Balaban J connectivity index is 2.44. The van der Waals surface area contributed by atoms with Crippen LogP contribution in [0.3, 0.4) is 0 Å². The van der Waals surface area contributed by atoms with Crippen molar-refractivity contribution in [3.05, 3.63) is 0 Å². The molecule has 1 saturated heterocycles. The maximum atomic E-state index is 11.9. The van der Waals surface area contributed by atoms with Crippen LogP contribution in [0, 0.1) is 5.41 Å². The van der Waals surface area contributed by atoms with Crippen LogP contribution in [-0.4, -0.2) is 52.5 Å². The number of urea groups is 1. The van der Waals surface area contributed by atoms with Crippen molar-refractivity contribution in [2.75, 3.05) is 24.6 Å². The molecule has 1 fully saturated rings. The molecule has 1 heterocycles. The number of nitrogens with zero attached hydrogens (tertiary/aromatic N) is 1. The molecule has 0 aromatic rings. The van der Waals surface area contributed by atoms with Gasteiger partial charge in [0, 0.05) is 25.3 Å². The summed E-state index contributed by atoms with van der Waals surface area (Å²) in [7, 11) is 0. The van der Waals surface area contributed by atoms with Crippen LogP contribution in [0.1, 0.15) is 33.1 Å². The minimum Gasteiger partial charge on any atom is -0.481 e.